The topological polar surface area (TPSA) is 43.1 Å². The first-order valence-corrected chi connectivity index (χ1v) is 5.23. The average molecular weight is 241 g/mol. The van der Waals surface area contributed by atoms with Gasteiger partial charge in [0.15, 0.2) is 5.65 Å². The second kappa shape index (κ2) is 3.83. The maximum absolute atomic E-state index is 4.08. The Bertz CT molecular complexity index is 398. The van der Waals surface area contributed by atoms with Gasteiger partial charge in [-0.15, -0.1) is 10.2 Å². The van der Waals surface area contributed by atoms with Gasteiger partial charge in [-0.25, -0.2) is 0 Å². The molecule has 0 atom stereocenters. The first-order chi connectivity index (χ1) is 6.42. The molecule has 5 heteroatoms. The zero-order valence-electron chi connectivity index (χ0n) is 7.02. The monoisotopic (exact) mass is 240 g/mol. The first-order valence-electron chi connectivity index (χ1n) is 4.11. The van der Waals surface area contributed by atoms with E-state index in [9.17, 15) is 0 Å². The van der Waals surface area contributed by atoms with Crippen molar-refractivity contribution in [2.45, 2.75) is 12.8 Å². The molecule has 2 aromatic rings. The van der Waals surface area contributed by atoms with Crippen LogP contribution in [0.2, 0.25) is 0 Å². The summed E-state index contributed by atoms with van der Waals surface area (Å²) < 4.78 is 1.97. The van der Waals surface area contributed by atoms with Crippen LogP contribution in [0, 0.1) is 0 Å². The Morgan fingerprint density at radius 3 is 3.15 bits per heavy atom. The van der Waals surface area contributed by atoms with Crippen molar-refractivity contribution in [3.8, 4) is 0 Å². The fourth-order valence-electron chi connectivity index (χ4n) is 1.20. The van der Waals surface area contributed by atoms with Gasteiger partial charge < -0.3 is 0 Å². The Morgan fingerprint density at radius 1 is 1.38 bits per heavy atom. The van der Waals surface area contributed by atoms with Crippen molar-refractivity contribution >= 4 is 21.6 Å². The lowest BCUT2D eigenvalue weighted by atomic mass is 10.3. The minimum atomic E-state index is 0.812. The third-order valence-corrected chi connectivity index (χ3v) is 2.38. The highest BCUT2D eigenvalue weighted by Gasteiger charge is 2.02. The summed E-state index contributed by atoms with van der Waals surface area (Å²) in [6.45, 7) is 0. The number of hydrogen-bond donors (Lipinski definition) is 0. The summed E-state index contributed by atoms with van der Waals surface area (Å²) in [5.41, 5.74) is 0.812. The van der Waals surface area contributed by atoms with E-state index in [0.29, 0.717) is 0 Å². The molecule has 0 amide bonds. The number of halogens is 1. The standard InChI is InChI=1S/C8H9BrN4/c9-3-1-2-7-11-12-8-6-10-4-5-13(7)8/h4-6H,1-3H2. The first kappa shape index (κ1) is 8.62. The molecule has 0 aromatic carbocycles. The lowest BCUT2D eigenvalue weighted by Crippen LogP contribution is -1.95. The van der Waals surface area contributed by atoms with Crippen LogP contribution in [0.15, 0.2) is 18.6 Å². The number of rotatable bonds is 3. The maximum Gasteiger partial charge on any atom is 0.179 e. The molecule has 0 unspecified atom stereocenters. The van der Waals surface area contributed by atoms with E-state index in [1.165, 1.54) is 0 Å². The van der Waals surface area contributed by atoms with Crippen LogP contribution in [0.3, 0.4) is 0 Å². The number of aryl methyl sites for hydroxylation is 1. The van der Waals surface area contributed by atoms with E-state index in [1.807, 2.05) is 10.6 Å². The molecule has 0 saturated heterocycles. The summed E-state index contributed by atoms with van der Waals surface area (Å²) in [5, 5.41) is 9.08. The highest BCUT2D eigenvalue weighted by atomic mass is 79.9. The van der Waals surface area contributed by atoms with Crippen LogP contribution in [0.25, 0.3) is 5.65 Å². The summed E-state index contributed by atoms with van der Waals surface area (Å²) in [6, 6.07) is 0. The van der Waals surface area contributed by atoms with E-state index in [-0.39, 0.29) is 0 Å². The summed E-state index contributed by atoms with van der Waals surface area (Å²) in [6.07, 6.45) is 7.36. The highest BCUT2D eigenvalue weighted by molar-refractivity contribution is 9.09. The summed E-state index contributed by atoms with van der Waals surface area (Å²) >= 11 is 3.39. The quantitative estimate of drug-likeness (QED) is 0.764. The fourth-order valence-corrected chi connectivity index (χ4v) is 1.48. The number of aromatic nitrogens is 4. The third kappa shape index (κ3) is 1.70. The van der Waals surface area contributed by atoms with Gasteiger partial charge in [0.2, 0.25) is 0 Å². The second-order valence-corrected chi connectivity index (χ2v) is 3.51. The molecule has 0 spiro atoms. The van der Waals surface area contributed by atoms with Gasteiger partial charge in [0.05, 0.1) is 6.20 Å². The SMILES string of the molecule is BrCCCc1nnc2cnccn12. The Balaban J connectivity index is 2.35. The molecule has 0 aliphatic heterocycles. The van der Waals surface area contributed by atoms with E-state index >= 15 is 0 Å². The van der Waals surface area contributed by atoms with Crippen LogP contribution < -0.4 is 0 Å². The minimum Gasteiger partial charge on any atom is -0.284 e. The van der Waals surface area contributed by atoms with Crippen LogP contribution in [-0.4, -0.2) is 24.9 Å². The molecule has 2 heterocycles. The molecule has 2 aromatic heterocycles. The van der Waals surface area contributed by atoms with Gasteiger partial charge in [-0.1, -0.05) is 15.9 Å². The van der Waals surface area contributed by atoms with Crippen molar-refractivity contribution in [3.05, 3.63) is 24.4 Å². The molecule has 0 bridgehead atoms. The molecule has 0 aliphatic rings. The van der Waals surface area contributed by atoms with Gasteiger partial charge in [-0.2, -0.15) is 0 Å². The van der Waals surface area contributed by atoms with Gasteiger partial charge in [0.25, 0.3) is 0 Å². The van der Waals surface area contributed by atoms with Crippen LogP contribution >= 0.6 is 15.9 Å². The largest absolute Gasteiger partial charge is 0.284 e. The second-order valence-electron chi connectivity index (χ2n) is 2.71. The van der Waals surface area contributed by atoms with Gasteiger partial charge in [-0.3, -0.25) is 9.38 Å². The predicted octanol–water partition coefficient (Wildman–Crippen LogP) is 1.45. The molecule has 0 fully saturated rings. The molecular formula is C8H9BrN4. The average Bonchev–Trinajstić information content (AvgIpc) is 2.58. The van der Waals surface area contributed by atoms with E-state index in [1.54, 1.807) is 12.4 Å². The van der Waals surface area contributed by atoms with Crippen molar-refractivity contribution in [3.63, 3.8) is 0 Å². The lowest BCUT2D eigenvalue weighted by Gasteiger charge is -1.95. The van der Waals surface area contributed by atoms with Crippen molar-refractivity contribution < 1.29 is 0 Å². The Morgan fingerprint density at radius 2 is 2.31 bits per heavy atom. The van der Waals surface area contributed by atoms with Gasteiger partial charge in [-0.05, 0) is 6.42 Å². The number of hydrogen-bond acceptors (Lipinski definition) is 3. The zero-order valence-corrected chi connectivity index (χ0v) is 8.61. The van der Waals surface area contributed by atoms with E-state index in [4.69, 9.17) is 0 Å². The lowest BCUT2D eigenvalue weighted by molar-refractivity contribution is 0.826. The summed E-state index contributed by atoms with van der Waals surface area (Å²) in [5.74, 6) is 0.997. The van der Waals surface area contributed by atoms with Crippen molar-refractivity contribution in [1.82, 2.24) is 19.6 Å². The van der Waals surface area contributed by atoms with E-state index < -0.39 is 0 Å². The molecule has 0 aliphatic carbocycles. The molecule has 2 rings (SSSR count). The highest BCUT2D eigenvalue weighted by Crippen LogP contribution is 2.04. The number of fused-ring (bicyclic) bond motifs is 1. The Hall–Kier alpha value is -0.970. The van der Waals surface area contributed by atoms with Gasteiger partial charge in [0, 0.05) is 24.1 Å². The van der Waals surface area contributed by atoms with Gasteiger partial charge in [0.1, 0.15) is 5.82 Å². The zero-order chi connectivity index (χ0) is 9.10. The molecular weight excluding hydrogens is 232 g/mol. The van der Waals surface area contributed by atoms with Gasteiger partial charge >= 0.3 is 0 Å². The molecule has 0 N–H and O–H groups in total. The summed E-state index contributed by atoms with van der Waals surface area (Å²) in [4.78, 5) is 3.97. The number of nitrogens with zero attached hydrogens (tertiary/aromatic N) is 4. The normalized spacial score (nSPS) is 10.8. The maximum atomic E-state index is 4.08. The Labute approximate surface area is 84.1 Å². The van der Waals surface area contributed by atoms with Crippen LogP contribution in [-0.2, 0) is 6.42 Å². The predicted molar refractivity (Wildman–Crippen MR) is 52.9 cm³/mol. The van der Waals surface area contributed by atoms with Crippen molar-refractivity contribution in [2.75, 3.05) is 5.33 Å². The molecule has 4 nitrogen and oxygen atoms in total. The molecule has 0 saturated carbocycles. The van der Waals surface area contributed by atoms with Crippen LogP contribution in [0.4, 0.5) is 0 Å². The third-order valence-electron chi connectivity index (χ3n) is 1.82. The van der Waals surface area contributed by atoms with E-state index in [2.05, 4.69) is 31.1 Å². The molecule has 68 valence electrons. The van der Waals surface area contributed by atoms with Crippen molar-refractivity contribution in [2.24, 2.45) is 0 Å². The summed E-state index contributed by atoms with van der Waals surface area (Å²) in [7, 11) is 0. The molecule has 13 heavy (non-hydrogen) atoms. The van der Waals surface area contributed by atoms with Crippen LogP contribution in [0.1, 0.15) is 12.2 Å². The smallest absolute Gasteiger partial charge is 0.179 e. The number of alkyl halides is 1. The van der Waals surface area contributed by atoms with Crippen molar-refractivity contribution in [1.29, 1.82) is 0 Å². The van der Waals surface area contributed by atoms with E-state index in [0.717, 1.165) is 29.6 Å². The molecule has 0 radical (unpaired) electrons. The Kier molecular flexibility index (Phi) is 2.54. The fraction of sp³-hybridized carbons (Fsp3) is 0.375. The minimum absolute atomic E-state index is 0.812. The van der Waals surface area contributed by atoms with Crippen LogP contribution in [0.5, 0.6) is 0 Å².